The second kappa shape index (κ2) is 7.67. The number of urea groups is 1. The lowest BCUT2D eigenvalue weighted by atomic mass is 9.82. The van der Waals surface area contributed by atoms with Crippen LogP contribution in [-0.2, 0) is 12.0 Å². The normalized spacial score (nSPS) is 22.2. The van der Waals surface area contributed by atoms with Gasteiger partial charge in [-0.15, -0.1) is 0 Å². The number of hydrogen-bond donors (Lipinski definition) is 1. The van der Waals surface area contributed by atoms with E-state index in [-0.39, 0.29) is 17.2 Å². The Hall–Kier alpha value is -3.23. The average molecular weight is 453 g/mol. The highest BCUT2D eigenvalue weighted by molar-refractivity contribution is 5.84. The maximum Gasteiger partial charge on any atom is 0.387 e. The summed E-state index contributed by atoms with van der Waals surface area (Å²) in [7, 11) is 0. The highest BCUT2D eigenvalue weighted by Crippen LogP contribution is 2.44. The van der Waals surface area contributed by atoms with Gasteiger partial charge in [-0.3, -0.25) is 9.67 Å². The Morgan fingerprint density at radius 2 is 2.03 bits per heavy atom. The number of benzene rings is 1. The van der Waals surface area contributed by atoms with E-state index in [4.69, 9.17) is 5.10 Å². The molecule has 2 fully saturated rings. The van der Waals surface area contributed by atoms with Gasteiger partial charge >= 0.3 is 12.6 Å². The van der Waals surface area contributed by atoms with Gasteiger partial charge in [0.2, 0.25) is 0 Å². The fourth-order valence-corrected chi connectivity index (χ4v) is 5.31. The van der Waals surface area contributed by atoms with Crippen molar-refractivity contribution < 1.29 is 18.3 Å². The zero-order valence-electron chi connectivity index (χ0n) is 18.1. The largest absolute Gasteiger partial charge is 0.435 e. The third-order valence-corrected chi connectivity index (χ3v) is 7.37. The maximum absolute atomic E-state index is 12.7. The number of fused-ring (bicyclic) bond motifs is 3. The second-order valence-corrected chi connectivity index (χ2v) is 9.37. The summed E-state index contributed by atoms with van der Waals surface area (Å²) < 4.78 is 31.7. The van der Waals surface area contributed by atoms with E-state index in [1.165, 1.54) is 12.5 Å². The first-order valence-electron chi connectivity index (χ1n) is 11.5. The number of likely N-dealkylation sites (tertiary alicyclic amines) is 1. The highest BCUT2D eigenvalue weighted by Gasteiger charge is 2.47. The van der Waals surface area contributed by atoms with Crippen molar-refractivity contribution in [2.45, 2.75) is 56.7 Å². The van der Waals surface area contributed by atoms with Gasteiger partial charge in [0, 0.05) is 53.9 Å². The summed E-state index contributed by atoms with van der Waals surface area (Å²) in [6, 6.07) is 9.11. The quantitative estimate of drug-likeness (QED) is 0.639. The van der Waals surface area contributed by atoms with Crippen LogP contribution < -0.4 is 10.1 Å². The first-order chi connectivity index (χ1) is 16.0. The molecule has 1 saturated carbocycles. The first-order valence-corrected chi connectivity index (χ1v) is 11.5. The monoisotopic (exact) mass is 453 g/mol. The smallest absolute Gasteiger partial charge is 0.387 e. The molecule has 1 spiro atoms. The number of halogens is 2. The number of aromatic nitrogens is 3. The summed E-state index contributed by atoms with van der Waals surface area (Å²) in [5.74, 6) is 0.106. The molecule has 3 aliphatic rings. The third-order valence-electron chi connectivity index (χ3n) is 7.37. The van der Waals surface area contributed by atoms with Crippen molar-refractivity contribution >= 4 is 16.9 Å². The van der Waals surface area contributed by atoms with Crippen LogP contribution in [0.4, 0.5) is 13.6 Å². The van der Waals surface area contributed by atoms with Gasteiger partial charge in [0.15, 0.2) is 0 Å². The molecule has 1 atom stereocenters. The molecule has 7 nitrogen and oxygen atoms in total. The van der Waals surface area contributed by atoms with Crippen molar-refractivity contribution in [3.63, 3.8) is 0 Å². The summed E-state index contributed by atoms with van der Waals surface area (Å²) in [5, 5.41) is 8.67. The van der Waals surface area contributed by atoms with Crippen LogP contribution >= 0.6 is 0 Å². The Balaban J connectivity index is 1.25. The van der Waals surface area contributed by atoms with Gasteiger partial charge in [0.25, 0.3) is 0 Å². The number of rotatable bonds is 4. The van der Waals surface area contributed by atoms with E-state index in [1.807, 2.05) is 15.6 Å². The molecule has 1 N–H and O–H groups in total. The van der Waals surface area contributed by atoms with Gasteiger partial charge in [-0.1, -0.05) is 0 Å². The minimum absolute atomic E-state index is 0.0512. The van der Waals surface area contributed by atoms with E-state index < -0.39 is 6.61 Å². The minimum atomic E-state index is -2.87. The molecule has 0 radical (unpaired) electrons. The van der Waals surface area contributed by atoms with Gasteiger partial charge in [-0.25, -0.2) is 4.79 Å². The van der Waals surface area contributed by atoms with E-state index >= 15 is 0 Å². The topological polar surface area (TPSA) is 72.3 Å². The van der Waals surface area contributed by atoms with E-state index in [0.29, 0.717) is 23.5 Å². The van der Waals surface area contributed by atoms with Crippen LogP contribution in [0, 0.1) is 0 Å². The van der Waals surface area contributed by atoms with E-state index in [0.717, 1.165) is 55.7 Å². The molecule has 0 bridgehead atoms. The van der Waals surface area contributed by atoms with Gasteiger partial charge in [-0.05, 0) is 62.4 Å². The van der Waals surface area contributed by atoms with E-state index in [2.05, 4.69) is 21.1 Å². The maximum atomic E-state index is 12.7. The molecule has 3 aromatic rings. The highest BCUT2D eigenvalue weighted by atomic mass is 19.3. The summed E-state index contributed by atoms with van der Waals surface area (Å²) >= 11 is 0. The average Bonchev–Trinajstić information content (AvgIpc) is 3.46. The molecule has 2 aromatic heterocycles. The van der Waals surface area contributed by atoms with Crippen LogP contribution in [0.2, 0.25) is 0 Å². The van der Waals surface area contributed by atoms with Gasteiger partial charge < -0.3 is 15.0 Å². The summed E-state index contributed by atoms with van der Waals surface area (Å²) in [4.78, 5) is 19.1. The molecule has 33 heavy (non-hydrogen) atoms. The molecule has 1 aliphatic carbocycles. The summed E-state index contributed by atoms with van der Waals surface area (Å²) in [6.07, 6.45) is 7.02. The van der Waals surface area contributed by atoms with E-state index in [9.17, 15) is 13.6 Å². The van der Waals surface area contributed by atoms with Crippen LogP contribution in [0.5, 0.6) is 5.75 Å². The van der Waals surface area contributed by atoms with Crippen LogP contribution in [0.1, 0.15) is 37.8 Å². The fourth-order valence-electron chi connectivity index (χ4n) is 5.31. The molecule has 1 unspecified atom stereocenters. The molecule has 1 aromatic carbocycles. The number of carbonyl (C=O) groups excluding carboxylic acids is 1. The van der Waals surface area contributed by atoms with Gasteiger partial charge in [0.05, 0.1) is 11.2 Å². The number of alkyl halides is 2. The number of carbonyl (C=O) groups is 1. The number of ether oxygens (including phenoxy) is 1. The van der Waals surface area contributed by atoms with Crippen molar-refractivity contribution in [3.05, 3.63) is 42.2 Å². The molecular formula is C24H25F2N5O2. The Morgan fingerprint density at radius 1 is 1.18 bits per heavy atom. The summed E-state index contributed by atoms with van der Waals surface area (Å²) in [5.41, 5.74) is 3.42. The van der Waals surface area contributed by atoms with Crippen molar-refractivity contribution in [2.75, 3.05) is 13.1 Å². The van der Waals surface area contributed by atoms with Crippen molar-refractivity contribution in [1.82, 2.24) is 25.0 Å². The molecule has 4 heterocycles. The van der Waals surface area contributed by atoms with Crippen LogP contribution in [0.25, 0.3) is 22.2 Å². The zero-order valence-corrected chi connectivity index (χ0v) is 18.1. The number of nitrogens with zero attached hydrogens (tertiary/aromatic N) is 4. The SMILES string of the molecule is O=C(NC1CCC1)N1CCC2(CCn3nc(-c4cnc5ccc(OC(F)F)cc5c4)cc32)C1. The number of aryl methyl sites for hydroxylation is 1. The second-order valence-electron chi connectivity index (χ2n) is 9.37. The molecule has 2 amide bonds. The number of amides is 2. The van der Waals surface area contributed by atoms with Gasteiger partial charge in [0.1, 0.15) is 5.75 Å². The number of pyridine rings is 1. The van der Waals surface area contributed by atoms with Crippen LogP contribution in [0.3, 0.4) is 0 Å². The lowest BCUT2D eigenvalue weighted by Crippen LogP contribution is -2.47. The fraction of sp³-hybridized carbons (Fsp3) is 0.458. The van der Waals surface area contributed by atoms with Crippen molar-refractivity contribution in [1.29, 1.82) is 0 Å². The zero-order chi connectivity index (χ0) is 22.6. The molecule has 1 saturated heterocycles. The Bertz CT molecular complexity index is 1220. The number of nitrogens with one attached hydrogen (secondary N) is 1. The van der Waals surface area contributed by atoms with Crippen molar-refractivity contribution in [3.8, 4) is 17.0 Å². The Kier molecular flexibility index (Phi) is 4.74. The first kappa shape index (κ1) is 20.4. The third kappa shape index (κ3) is 3.59. The number of hydrogen-bond acceptors (Lipinski definition) is 4. The lowest BCUT2D eigenvalue weighted by molar-refractivity contribution is -0.0497. The summed E-state index contributed by atoms with van der Waals surface area (Å²) in [6.45, 7) is -0.585. The van der Waals surface area contributed by atoms with Gasteiger partial charge in [-0.2, -0.15) is 13.9 Å². The predicted molar refractivity (Wildman–Crippen MR) is 118 cm³/mol. The molecular weight excluding hydrogens is 428 g/mol. The van der Waals surface area contributed by atoms with Crippen LogP contribution in [-0.4, -0.2) is 51.4 Å². The lowest BCUT2D eigenvalue weighted by Gasteiger charge is -2.30. The predicted octanol–water partition coefficient (Wildman–Crippen LogP) is 4.31. The minimum Gasteiger partial charge on any atom is -0.435 e. The van der Waals surface area contributed by atoms with Crippen molar-refractivity contribution in [2.24, 2.45) is 0 Å². The Morgan fingerprint density at radius 3 is 2.82 bits per heavy atom. The van der Waals surface area contributed by atoms with E-state index in [1.54, 1.807) is 18.3 Å². The molecule has 9 heteroatoms. The molecule has 172 valence electrons. The molecule has 6 rings (SSSR count). The molecule has 2 aliphatic heterocycles. The standard InChI is InChI=1S/C24H25F2N5O2/c25-22(26)33-18-4-5-19-15(11-18)10-16(13-27-19)20-12-21-24(7-9-31(21)29-20)6-8-30(14-24)23(32)28-17-2-1-3-17/h4-5,10-13,17,22H,1-3,6-9,14H2,(H,28,32). The Labute approximate surface area is 189 Å². The van der Waals surface area contributed by atoms with Crippen LogP contribution in [0.15, 0.2) is 36.5 Å².